The van der Waals surface area contributed by atoms with Gasteiger partial charge in [0.15, 0.2) is 0 Å². The van der Waals surface area contributed by atoms with Crippen molar-refractivity contribution < 1.29 is 9.90 Å². The average Bonchev–Trinajstić information content (AvgIpc) is 2.38. The molecule has 3 nitrogen and oxygen atoms in total. The highest BCUT2D eigenvalue weighted by Crippen LogP contribution is 2.27. The molecular weight excluding hydrogens is 214 g/mol. The summed E-state index contributed by atoms with van der Waals surface area (Å²) in [7, 11) is 0. The van der Waals surface area contributed by atoms with Crippen molar-refractivity contribution in [1.29, 1.82) is 0 Å². The molecular formula is C14H19NO2. The van der Waals surface area contributed by atoms with E-state index in [9.17, 15) is 4.79 Å². The Balaban J connectivity index is 2.15. The van der Waals surface area contributed by atoms with Crippen molar-refractivity contribution in [2.75, 3.05) is 13.1 Å². The van der Waals surface area contributed by atoms with E-state index in [1.807, 2.05) is 30.3 Å². The predicted octanol–water partition coefficient (Wildman–Crippen LogP) is 2.69. The van der Waals surface area contributed by atoms with Crippen LogP contribution in [0.5, 0.6) is 0 Å². The van der Waals surface area contributed by atoms with Crippen molar-refractivity contribution >= 4 is 5.97 Å². The number of nitrogens with zero attached hydrogens (tertiary/aromatic N) is 1. The molecule has 0 amide bonds. The summed E-state index contributed by atoms with van der Waals surface area (Å²) in [4.78, 5) is 13.3. The summed E-state index contributed by atoms with van der Waals surface area (Å²) in [6.45, 7) is 2.04. The number of hydrogen-bond donors (Lipinski definition) is 1. The van der Waals surface area contributed by atoms with Crippen LogP contribution in [-0.4, -0.2) is 29.1 Å². The van der Waals surface area contributed by atoms with Crippen LogP contribution in [0.25, 0.3) is 0 Å². The highest BCUT2D eigenvalue weighted by Gasteiger charge is 2.24. The zero-order valence-corrected chi connectivity index (χ0v) is 10.0. The summed E-state index contributed by atoms with van der Waals surface area (Å²) in [6, 6.07) is 10.0. The SMILES string of the molecule is O=C(O)C[C@@H](c1ccccc1)N1CCCCC1. The van der Waals surface area contributed by atoms with Crippen LogP contribution in [0, 0.1) is 0 Å². The molecule has 92 valence electrons. The molecule has 0 saturated carbocycles. The summed E-state index contributed by atoms with van der Waals surface area (Å²) in [6.07, 6.45) is 3.83. The monoisotopic (exact) mass is 233 g/mol. The second-order valence-electron chi connectivity index (χ2n) is 4.62. The molecule has 0 aliphatic carbocycles. The number of hydrogen-bond acceptors (Lipinski definition) is 2. The van der Waals surface area contributed by atoms with Crippen LogP contribution in [0.3, 0.4) is 0 Å². The lowest BCUT2D eigenvalue weighted by molar-refractivity contribution is -0.138. The Morgan fingerprint density at radius 2 is 1.82 bits per heavy atom. The van der Waals surface area contributed by atoms with Gasteiger partial charge in [-0.1, -0.05) is 36.8 Å². The topological polar surface area (TPSA) is 40.5 Å². The zero-order chi connectivity index (χ0) is 12.1. The molecule has 1 aliphatic heterocycles. The van der Waals surface area contributed by atoms with Gasteiger partial charge in [0.2, 0.25) is 0 Å². The zero-order valence-electron chi connectivity index (χ0n) is 10.0. The lowest BCUT2D eigenvalue weighted by Crippen LogP contribution is -2.34. The molecule has 1 aromatic carbocycles. The first-order valence-electron chi connectivity index (χ1n) is 6.28. The maximum atomic E-state index is 11.0. The second kappa shape index (κ2) is 5.82. The number of benzene rings is 1. The first-order chi connectivity index (χ1) is 8.27. The Kier molecular flexibility index (Phi) is 4.15. The molecule has 0 unspecified atom stereocenters. The van der Waals surface area contributed by atoms with E-state index in [-0.39, 0.29) is 12.5 Å². The van der Waals surface area contributed by atoms with Gasteiger partial charge in [0, 0.05) is 6.04 Å². The third-order valence-electron chi connectivity index (χ3n) is 3.38. The molecule has 0 spiro atoms. The van der Waals surface area contributed by atoms with Gasteiger partial charge in [-0.25, -0.2) is 0 Å². The van der Waals surface area contributed by atoms with Gasteiger partial charge in [0.1, 0.15) is 0 Å². The van der Waals surface area contributed by atoms with Crippen LogP contribution in [0.15, 0.2) is 30.3 Å². The fourth-order valence-electron chi connectivity index (χ4n) is 2.53. The largest absolute Gasteiger partial charge is 0.481 e. The summed E-state index contributed by atoms with van der Waals surface area (Å²) in [5.41, 5.74) is 1.12. The van der Waals surface area contributed by atoms with E-state index in [4.69, 9.17) is 5.11 Å². The number of carboxylic acids is 1. The predicted molar refractivity (Wildman–Crippen MR) is 66.9 cm³/mol. The number of rotatable bonds is 4. The van der Waals surface area contributed by atoms with Crippen molar-refractivity contribution in [2.45, 2.75) is 31.7 Å². The quantitative estimate of drug-likeness (QED) is 0.869. The van der Waals surface area contributed by atoms with Gasteiger partial charge in [-0.3, -0.25) is 9.69 Å². The minimum absolute atomic E-state index is 0.0361. The van der Waals surface area contributed by atoms with Gasteiger partial charge in [-0.15, -0.1) is 0 Å². The fraction of sp³-hybridized carbons (Fsp3) is 0.500. The van der Waals surface area contributed by atoms with Crippen molar-refractivity contribution in [1.82, 2.24) is 4.90 Å². The molecule has 2 rings (SSSR count). The van der Waals surface area contributed by atoms with Crippen LogP contribution in [0.2, 0.25) is 0 Å². The average molecular weight is 233 g/mol. The third-order valence-corrected chi connectivity index (χ3v) is 3.38. The van der Waals surface area contributed by atoms with E-state index in [0.29, 0.717) is 0 Å². The van der Waals surface area contributed by atoms with Gasteiger partial charge in [0.05, 0.1) is 6.42 Å². The highest BCUT2D eigenvalue weighted by atomic mass is 16.4. The van der Waals surface area contributed by atoms with E-state index >= 15 is 0 Å². The molecule has 1 aliphatic rings. The molecule has 1 N–H and O–H groups in total. The van der Waals surface area contributed by atoms with E-state index in [2.05, 4.69) is 4.90 Å². The third kappa shape index (κ3) is 3.30. The number of likely N-dealkylation sites (tertiary alicyclic amines) is 1. The summed E-state index contributed by atoms with van der Waals surface area (Å²) >= 11 is 0. The molecule has 0 aromatic heterocycles. The minimum atomic E-state index is -0.718. The fourth-order valence-corrected chi connectivity index (χ4v) is 2.53. The van der Waals surface area contributed by atoms with Gasteiger partial charge >= 0.3 is 5.97 Å². The molecule has 17 heavy (non-hydrogen) atoms. The Labute approximate surface area is 102 Å². The smallest absolute Gasteiger partial charge is 0.305 e. The molecule has 1 aromatic rings. The lowest BCUT2D eigenvalue weighted by Gasteiger charge is -2.34. The normalized spacial score (nSPS) is 18.8. The first kappa shape index (κ1) is 12.1. The Bertz CT molecular complexity index is 358. The minimum Gasteiger partial charge on any atom is -0.481 e. The van der Waals surface area contributed by atoms with Gasteiger partial charge in [-0.2, -0.15) is 0 Å². The molecule has 1 atom stereocenters. The van der Waals surface area contributed by atoms with Crippen molar-refractivity contribution in [2.24, 2.45) is 0 Å². The first-order valence-corrected chi connectivity index (χ1v) is 6.28. The van der Waals surface area contributed by atoms with Crippen molar-refractivity contribution in [3.8, 4) is 0 Å². The maximum Gasteiger partial charge on any atom is 0.305 e. The second-order valence-corrected chi connectivity index (χ2v) is 4.62. The lowest BCUT2D eigenvalue weighted by atomic mass is 9.99. The maximum absolute atomic E-state index is 11.0. The standard InChI is InChI=1S/C14H19NO2/c16-14(17)11-13(12-7-3-1-4-8-12)15-9-5-2-6-10-15/h1,3-4,7-8,13H,2,5-6,9-11H2,(H,16,17)/t13-/m0/s1. The van der Waals surface area contributed by atoms with Gasteiger partial charge < -0.3 is 5.11 Å². The Hall–Kier alpha value is -1.35. The Morgan fingerprint density at radius 3 is 2.41 bits per heavy atom. The summed E-state index contributed by atoms with van der Waals surface area (Å²) in [5, 5.41) is 9.05. The van der Waals surface area contributed by atoms with E-state index < -0.39 is 5.97 Å². The number of piperidine rings is 1. The number of aliphatic carboxylic acids is 1. The van der Waals surface area contributed by atoms with Crippen LogP contribution < -0.4 is 0 Å². The highest BCUT2D eigenvalue weighted by molar-refractivity contribution is 5.67. The molecule has 1 fully saturated rings. The van der Waals surface area contributed by atoms with Crippen molar-refractivity contribution in [3.63, 3.8) is 0 Å². The van der Waals surface area contributed by atoms with E-state index in [0.717, 1.165) is 18.7 Å². The molecule has 3 heteroatoms. The van der Waals surface area contributed by atoms with Crippen LogP contribution >= 0.6 is 0 Å². The molecule has 1 heterocycles. The summed E-state index contributed by atoms with van der Waals surface area (Å²) < 4.78 is 0. The molecule has 0 bridgehead atoms. The van der Waals surface area contributed by atoms with Gasteiger partial charge in [0.25, 0.3) is 0 Å². The number of carboxylic acid groups (broad SMARTS) is 1. The summed E-state index contributed by atoms with van der Waals surface area (Å²) in [5.74, 6) is -0.718. The Morgan fingerprint density at radius 1 is 1.18 bits per heavy atom. The van der Waals surface area contributed by atoms with Crippen LogP contribution in [-0.2, 0) is 4.79 Å². The number of carbonyl (C=O) groups is 1. The van der Waals surface area contributed by atoms with Crippen molar-refractivity contribution in [3.05, 3.63) is 35.9 Å². The van der Waals surface area contributed by atoms with Gasteiger partial charge in [-0.05, 0) is 31.5 Å². The van der Waals surface area contributed by atoms with E-state index in [1.165, 1.54) is 19.3 Å². The van der Waals surface area contributed by atoms with Crippen LogP contribution in [0.1, 0.15) is 37.3 Å². The molecule has 0 radical (unpaired) electrons. The van der Waals surface area contributed by atoms with E-state index in [1.54, 1.807) is 0 Å². The van der Waals surface area contributed by atoms with Crippen LogP contribution in [0.4, 0.5) is 0 Å². The molecule has 1 saturated heterocycles.